The second-order valence-electron chi connectivity index (χ2n) is 4.50. The summed E-state index contributed by atoms with van der Waals surface area (Å²) in [7, 11) is 0. The molecule has 1 aromatic heterocycles. The first-order valence-corrected chi connectivity index (χ1v) is 6.39. The van der Waals surface area contributed by atoms with Crippen molar-refractivity contribution in [2.75, 3.05) is 25.1 Å². The molecule has 2 rings (SSSR count). The fourth-order valence-corrected chi connectivity index (χ4v) is 2.16. The zero-order valence-electron chi connectivity index (χ0n) is 10.1. The highest BCUT2D eigenvalue weighted by Crippen LogP contribution is 2.32. The maximum absolute atomic E-state index is 12.4. The summed E-state index contributed by atoms with van der Waals surface area (Å²) in [5, 5.41) is 2.94. The Morgan fingerprint density at radius 3 is 2.84 bits per heavy atom. The molecule has 0 radical (unpaired) electrons. The van der Waals surface area contributed by atoms with Crippen LogP contribution in [-0.4, -0.2) is 24.7 Å². The summed E-state index contributed by atoms with van der Waals surface area (Å²) in [6.45, 7) is 2.14. The molecule has 1 aromatic rings. The highest BCUT2D eigenvalue weighted by atomic mass is 35.5. The first kappa shape index (κ1) is 14.4. The van der Waals surface area contributed by atoms with Gasteiger partial charge in [-0.3, -0.25) is 0 Å². The summed E-state index contributed by atoms with van der Waals surface area (Å²) in [6.07, 6.45) is -1.72. The van der Waals surface area contributed by atoms with E-state index in [1.165, 1.54) is 0 Å². The number of hydrogen-bond acceptors (Lipinski definition) is 3. The number of alkyl halides is 3. The van der Waals surface area contributed by atoms with Crippen molar-refractivity contribution in [1.29, 1.82) is 0 Å². The maximum Gasteiger partial charge on any atom is 0.417 e. The first-order chi connectivity index (χ1) is 8.97. The van der Waals surface area contributed by atoms with Crippen molar-refractivity contribution in [3.05, 3.63) is 22.8 Å². The molecule has 0 aromatic carbocycles. The minimum absolute atomic E-state index is 0.0162. The van der Waals surface area contributed by atoms with Crippen LogP contribution in [0.15, 0.2) is 12.3 Å². The SMILES string of the molecule is FC(F)(F)c1cnc(NCCC2CCOC2)c(Cl)c1. The fourth-order valence-electron chi connectivity index (χ4n) is 1.93. The molecule has 1 saturated heterocycles. The van der Waals surface area contributed by atoms with E-state index < -0.39 is 11.7 Å². The summed E-state index contributed by atoms with van der Waals surface area (Å²) in [6, 6.07) is 0.884. The quantitative estimate of drug-likeness (QED) is 0.921. The molecule has 2 heterocycles. The largest absolute Gasteiger partial charge is 0.417 e. The molecule has 1 aliphatic heterocycles. The molecule has 3 nitrogen and oxygen atoms in total. The predicted octanol–water partition coefficient (Wildman–Crippen LogP) is 3.59. The lowest BCUT2D eigenvalue weighted by atomic mass is 10.1. The van der Waals surface area contributed by atoms with Gasteiger partial charge in [0.15, 0.2) is 0 Å². The van der Waals surface area contributed by atoms with Gasteiger partial charge in [-0.1, -0.05) is 11.6 Å². The van der Waals surface area contributed by atoms with Gasteiger partial charge in [0, 0.05) is 26.0 Å². The molecular weight excluding hydrogens is 281 g/mol. The average molecular weight is 295 g/mol. The van der Waals surface area contributed by atoms with Gasteiger partial charge in [-0.25, -0.2) is 4.98 Å². The van der Waals surface area contributed by atoms with Crippen molar-refractivity contribution < 1.29 is 17.9 Å². The number of aromatic nitrogens is 1. The van der Waals surface area contributed by atoms with Crippen LogP contribution in [0.5, 0.6) is 0 Å². The molecule has 7 heteroatoms. The molecule has 0 aliphatic carbocycles. The van der Waals surface area contributed by atoms with Crippen LogP contribution in [0.1, 0.15) is 18.4 Å². The number of nitrogens with one attached hydrogen (secondary N) is 1. The molecule has 0 saturated carbocycles. The molecule has 1 unspecified atom stereocenters. The smallest absolute Gasteiger partial charge is 0.381 e. The second kappa shape index (κ2) is 5.96. The van der Waals surface area contributed by atoms with Crippen molar-refractivity contribution in [1.82, 2.24) is 4.98 Å². The Bertz CT molecular complexity index is 433. The zero-order chi connectivity index (χ0) is 13.9. The van der Waals surface area contributed by atoms with E-state index in [1.54, 1.807) is 0 Å². The number of anilines is 1. The summed E-state index contributed by atoms with van der Waals surface area (Å²) < 4.78 is 42.5. The van der Waals surface area contributed by atoms with E-state index in [4.69, 9.17) is 16.3 Å². The third kappa shape index (κ3) is 3.98. The molecule has 1 atom stereocenters. The first-order valence-electron chi connectivity index (χ1n) is 6.01. The number of ether oxygens (including phenoxy) is 1. The minimum Gasteiger partial charge on any atom is -0.381 e. The van der Waals surface area contributed by atoms with Crippen LogP contribution in [0.3, 0.4) is 0 Å². The third-order valence-electron chi connectivity index (χ3n) is 3.04. The Hall–Kier alpha value is -1.01. The molecule has 1 aliphatic rings. The Balaban J connectivity index is 1.90. The van der Waals surface area contributed by atoms with Crippen LogP contribution in [0.2, 0.25) is 5.02 Å². The Morgan fingerprint density at radius 1 is 1.47 bits per heavy atom. The van der Waals surface area contributed by atoms with Gasteiger partial charge in [-0.05, 0) is 24.8 Å². The van der Waals surface area contributed by atoms with E-state index in [2.05, 4.69) is 10.3 Å². The van der Waals surface area contributed by atoms with Crippen LogP contribution in [0.25, 0.3) is 0 Å². The van der Waals surface area contributed by atoms with Gasteiger partial charge in [-0.15, -0.1) is 0 Å². The monoisotopic (exact) mass is 294 g/mol. The summed E-state index contributed by atoms with van der Waals surface area (Å²) >= 11 is 5.78. The Morgan fingerprint density at radius 2 is 2.26 bits per heavy atom. The van der Waals surface area contributed by atoms with Gasteiger partial charge in [-0.2, -0.15) is 13.2 Å². The lowest BCUT2D eigenvalue weighted by molar-refractivity contribution is -0.137. The Labute approximate surface area is 114 Å². The second-order valence-corrected chi connectivity index (χ2v) is 4.90. The van der Waals surface area contributed by atoms with Crippen LogP contribution in [0.4, 0.5) is 19.0 Å². The van der Waals surface area contributed by atoms with Crippen LogP contribution in [-0.2, 0) is 10.9 Å². The molecule has 19 heavy (non-hydrogen) atoms. The normalized spacial score (nSPS) is 19.7. The van der Waals surface area contributed by atoms with Gasteiger partial charge in [0.05, 0.1) is 10.6 Å². The zero-order valence-corrected chi connectivity index (χ0v) is 10.9. The summed E-state index contributed by atoms with van der Waals surface area (Å²) in [5.41, 5.74) is -0.841. The third-order valence-corrected chi connectivity index (χ3v) is 3.33. The molecule has 0 bridgehead atoms. The van der Waals surface area contributed by atoms with Crippen molar-refractivity contribution in [3.63, 3.8) is 0 Å². The van der Waals surface area contributed by atoms with Crippen molar-refractivity contribution in [3.8, 4) is 0 Å². The average Bonchev–Trinajstić information content (AvgIpc) is 2.83. The number of hydrogen-bond donors (Lipinski definition) is 1. The van der Waals surface area contributed by atoms with E-state index in [1.807, 2.05) is 0 Å². The fraction of sp³-hybridized carbons (Fsp3) is 0.583. The predicted molar refractivity (Wildman–Crippen MR) is 66.3 cm³/mol. The van der Waals surface area contributed by atoms with Crippen LogP contribution < -0.4 is 5.32 Å². The number of halogens is 4. The topological polar surface area (TPSA) is 34.2 Å². The van der Waals surface area contributed by atoms with Crippen LogP contribution >= 0.6 is 11.6 Å². The molecular formula is C12H14ClF3N2O. The molecule has 106 valence electrons. The maximum atomic E-state index is 12.4. The summed E-state index contributed by atoms with van der Waals surface area (Å²) in [4.78, 5) is 3.71. The standard InChI is InChI=1S/C12H14ClF3N2O/c13-10-5-9(12(14,15)16)6-18-11(10)17-3-1-8-2-4-19-7-8/h5-6,8H,1-4,7H2,(H,17,18). The van der Waals surface area contributed by atoms with Gasteiger partial charge < -0.3 is 10.1 Å². The van der Waals surface area contributed by atoms with Gasteiger partial charge in [0.2, 0.25) is 0 Å². The number of nitrogens with zero attached hydrogens (tertiary/aromatic N) is 1. The van der Waals surface area contributed by atoms with Crippen molar-refractivity contribution >= 4 is 17.4 Å². The highest BCUT2D eigenvalue weighted by molar-refractivity contribution is 6.32. The van der Waals surface area contributed by atoms with Crippen molar-refractivity contribution in [2.45, 2.75) is 19.0 Å². The van der Waals surface area contributed by atoms with Crippen LogP contribution in [0, 0.1) is 5.92 Å². The van der Waals surface area contributed by atoms with Crippen molar-refractivity contribution in [2.24, 2.45) is 5.92 Å². The van der Waals surface area contributed by atoms with E-state index in [0.717, 1.165) is 38.3 Å². The van der Waals surface area contributed by atoms with E-state index >= 15 is 0 Å². The van der Waals surface area contributed by atoms with Gasteiger partial charge in [0.25, 0.3) is 0 Å². The van der Waals surface area contributed by atoms with E-state index in [0.29, 0.717) is 12.5 Å². The van der Waals surface area contributed by atoms with E-state index in [-0.39, 0.29) is 10.8 Å². The summed E-state index contributed by atoms with van der Waals surface area (Å²) in [5.74, 6) is 0.786. The lowest BCUT2D eigenvalue weighted by Crippen LogP contribution is -2.11. The van der Waals surface area contributed by atoms with E-state index in [9.17, 15) is 13.2 Å². The number of pyridine rings is 1. The lowest BCUT2D eigenvalue weighted by Gasteiger charge is -2.12. The highest BCUT2D eigenvalue weighted by Gasteiger charge is 2.31. The molecule has 0 amide bonds. The van der Waals surface area contributed by atoms with Gasteiger partial charge >= 0.3 is 6.18 Å². The number of rotatable bonds is 4. The Kier molecular flexibility index (Phi) is 4.52. The van der Waals surface area contributed by atoms with Gasteiger partial charge in [0.1, 0.15) is 5.82 Å². The molecule has 1 N–H and O–H groups in total. The molecule has 0 spiro atoms. The minimum atomic E-state index is -4.42. The molecule has 1 fully saturated rings.